The molecule has 34 heavy (non-hydrogen) atoms. The summed E-state index contributed by atoms with van der Waals surface area (Å²) in [6.45, 7) is 5.91. The highest BCUT2D eigenvalue weighted by molar-refractivity contribution is 7.89. The quantitative estimate of drug-likeness (QED) is 0.582. The van der Waals surface area contributed by atoms with E-state index in [4.69, 9.17) is 0 Å². The highest BCUT2D eigenvalue weighted by Gasteiger charge is 2.39. The van der Waals surface area contributed by atoms with E-state index >= 15 is 0 Å². The number of amides is 3. The molecule has 1 N–H and O–H groups in total. The molecule has 0 bridgehead atoms. The molecule has 0 saturated carbocycles. The number of sulfonamides is 1. The minimum absolute atomic E-state index is 0.160. The van der Waals surface area contributed by atoms with E-state index in [-0.39, 0.29) is 12.6 Å². The second kappa shape index (κ2) is 10.2. The molecule has 0 spiro atoms. The van der Waals surface area contributed by atoms with Crippen molar-refractivity contribution in [2.75, 3.05) is 32.8 Å². The molecule has 2 saturated heterocycles. The number of hydrogen-bond acceptors (Lipinski definition) is 5. The monoisotopic (exact) mass is 484 g/mol. The van der Waals surface area contributed by atoms with Gasteiger partial charge in [-0.15, -0.1) is 0 Å². The molecule has 2 aliphatic rings. The third-order valence-corrected chi connectivity index (χ3v) is 8.67. The van der Waals surface area contributed by atoms with Crippen molar-refractivity contribution in [2.24, 2.45) is 0 Å². The van der Waals surface area contributed by atoms with Gasteiger partial charge in [0.15, 0.2) is 0 Å². The first-order valence-corrected chi connectivity index (χ1v) is 13.2. The predicted molar refractivity (Wildman–Crippen MR) is 130 cm³/mol. The maximum atomic E-state index is 13.1. The molecule has 0 radical (unpaired) electrons. The van der Waals surface area contributed by atoms with Gasteiger partial charge in [-0.1, -0.05) is 56.3 Å². The molecular weight excluding hydrogens is 452 g/mol. The minimum Gasteiger partial charge on any atom is -0.325 e. The van der Waals surface area contributed by atoms with Crippen LogP contribution in [0.5, 0.6) is 0 Å². The second-order valence-corrected chi connectivity index (χ2v) is 10.9. The average Bonchev–Trinajstić information content (AvgIpc) is 3.11. The molecule has 2 aromatic carbocycles. The molecule has 2 aliphatic heterocycles. The zero-order chi connectivity index (χ0) is 24.3. The third kappa shape index (κ3) is 5.16. The molecular formula is C25H32N4O4S. The van der Waals surface area contributed by atoms with Gasteiger partial charge in [0.1, 0.15) is 6.04 Å². The smallest absolute Gasteiger partial charge is 0.325 e. The van der Waals surface area contributed by atoms with Gasteiger partial charge in [-0.25, -0.2) is 18.1 Å². The summed E-state index contributed by atoms with van der Waals surface area (Å²) < 4.78 is 27.7. The molecule has 2 fully saturated rings. The van der Waals surface area contributed by atoms with Gasteiger partial charge in [0.05, 0.1) is 11.6 Å². The Balaban J connectivity index is 1.33. The molecule has 0 aliphatic carbocycles. The van der Waals surface area contributed by atoms with Crippen molar-refractivity contribution < 1.29 is 18.0 Å². The summed E-state index contributed by atoms with van der Waals surface area (Å²) in [7, 11) is -3.58. The van der Waals surface area contributed by atoms with Gasteiger partial charge in [0.25, 0.3) is 5.91 Å². The molecule has 0 unspecified atom stereocenters. The van der Waals surface area contributed by atoms with E-state index < -0.39 is 22.1 Å². The van der Waals surface area contributed by atoms with Crippen molar-refractivity contribution in [1.29, 1.82) is 0 Å². The summed E-state index contributed by atoms with van der Waals surface area (Å²) in [6.07, 6.45) is 1.45. The zero-order valence-corrected chi connectivity index (χ0v) is 20.5. The molecule has 3 amide bonds. The van der Waals surface area contributed by atoms with E-state index in [0.717, 1.165) is 17.5 Å². The lowest BCUT2D eigenvalue weighted by Gasteiger charge is -2.35. The van der Waals surface area contributed by atoms with Crippen LogP contribution in [0.25, 0.3) is 0 Å². The van der Waals surface area contributed by atoms with Gasteiger partial charge in [-0.05, 0) is 35.6 Å². The molecule has 2 heterocycles. The normalized spacial score (nSPS) is 21.0. The Morgan fingerprint density at radius 1 is 0.971 bits per heavy atom. The lowest BCUT2D eigenvalue weighted by atomic mass is 9.99. The van der Waals surface area contributed by atoms with E-state index in [1.54, 1.807) is 12.1 Å². The molecule has 2 atom stereocenters. The lowest BCUT2D eigenvalue weighted by molar-refractivity contribution is -0.129. The van der Waals surface area contributed by atoms with Crippen molar-refractivity contribution >= 4 is 22.0 Å². The molecule has 182 valence electrons. The Bertz CT molecular complexity index is 1110. The largest absolute Gasteiger partial charge is 0.325 e. The maximum absolute atomic E-state index is 13.1. The summed E-state index contributed by atoms with van der Waals surface area (Å²) in [4.78, 5) is 28.7. The van der Waals surface area contributed by atoms with E-state index in [1.165, 1.54) is 9.21 Å². The fraction of sp³-hybridized carbons (Fsp3) is 0.440. The van der Waals surface area contributed by atoms with E-state index in [9.17, 15) is 18.0 Å². The SMILES string of the molecule is CC[C@@H](C)c1ccc(S(=O)(=O)N2CCN(CN3C(=O)N[C@H](Cc4ccccc4)C3=O)CC2)cc1. The lowest BCUT2D eigenvalue weighted by Crippen LogP contribution is -2.52. The summed E-state index contributed by atoms with van der Waals surface area (Å²) in [5.74, 6) is 0.142. The number of imide groups is 1. The molecule has 9 heteroatoms. The van der Waals surface area contributed by atoms with E-state index in [2.05, 4.69) is 19.2 Å². The topological polar surface area (TPSA) is 90.0 Å². The van der Waals surface area contributed by atoms with Crippen molar-refractivity contribution in [3.63, 3.8) is 0 Å². The van der Waals surface area contributed by atoms with Gasteiger partial charge in [-0.3, -0.25) is 9.69 Å². The average molecular weight is 485 g/mol. The first kappa shape index (κ1) is 24.4. The first-order valence-electron chi connectivity index (χ1n) is 11.8. The van der Waals surface area contributed by atoms with Crippen LogP contribution < -0.4 is 5.32 Å². The van der Waals surface area contributed by atoms with Gasteiger partial charge in [0, 0.05) is 32.6 Å². The Morgan fingerprint density at radius 3 is 2.24 bits per heavy atom. The van der Waals surface area contributed by atoms with Crippen molar-refractivity contribution in [2.45, 2.75) is 43.5 Å². The highest BCUT2D eigenvalue weighted by atomic mass is 32.2. The maximum Gasteiger partial charge on any atom is 0.325 e. The van der Waals surface area contributed by atoms with Crippen LogP contribution in [0.1, 0.15) is 37.3 Å². The van der Waals surface area contributed by atoms with Gasteiger partial charge in [0.2, 0.25) is 10.0 Å². The standard InChI is InChI=1S/C25H32N4O4S/c1-3-19(2)21-9-11-22(12-10-21)34(32,33)28-15-13-27(14-16-28)18-29-24(30)23(26-25(29)31)17-20-7-5-4-6-8-20/h4-12,19,23H,3,13-18H2,1-2H3,(H,26,31)/t19-,23-/m1/s1. The Hall–Kier alpha value is -2.75. The second-order valence-electron chi connectivity index (χ2n) is 9.00. The number of carbonyl (C=O) groups is 2. The summed E-state index contributed by atoms with van der Waals surface area (Å²) in [5.41, 5.74) is 2.12. The Kier molecular flexibility index (Phi) is 7.35. The molecule has 2 aromatic rings. The van der Waals surface area contributed by atoms with Gasteiger partial charge >= 0.3 is 6.03 Å². The number of nitrogens with zero attached hydrogens (tertiary/aromatic N) is 3. The van der Waals surface area contributed by atoms with Crippen LogP contribution in [-0.2, 0) is 21.2 Å². The van der Waals surface area contributed by atoms with Gasteiger partial charge < -0.3 is 5.32 Å². The number of urea groups is 1. The number of benzene rings is 2. The Labute approximate surface area is 201 Å². The molecule has 4 rings (SSSR count). The third-order valence-electron chi connectivity index (χ3n) is 6.76. The van der Waals surface area contributed by atoms with Crippen LogP contribution in [0, 0.1) is 0 Å². The van der Waals surface area contributed by atoms with E-state index in [0.29, 0.717) is 43.4 Å². The minimum atomic E-state index is -3.58. The highest BCUT2D eigenvalue weighted by Crippen LogP contribution is 2.23. The van der Waals surface area contributed by atoms with Crippen molar-refractivity contribution in [1.82, 2.24) is 19.4 Å². The fourth-order valence-corrected chi connectivity index (χ4v) is 5.79. The van der Waals surface area contributed by atoms with Crippen LogP contribution in [-0.4, -0.2) is 73.4 Å². The number of hydrogen-bond donors (Lipinski definition) is 1. The van der Waals surface area contributed by atoms with Crippen LogP contribution in [0.2, 0.25) is 0 Å². The van der Waals surface area contributed by atoms with Gasteiger partial charge in [-0.2, -0.15) is 4.31 Å². The number of rotatable bonds is 8. The Morgan fingerprint density at radius 2 is 1.62 bits per heavy atom. The van der Waals surface area contributed by atoms with Crippen LogP contribution in [0.4, 0.5) is 4.79 Å². The first-order chi connectivity index (χ1) is 16.3. The van der Waals surface area contributed by atoms with Crippen LogP contribution in [0.15, 0.2) is 59.5 Å². The number of carbonyl (C=O) groups excluding carboxylic acids is 2. The number of nitrogens with one attached hydrogen (secondary N) is 1. The molecule has 0 aromatic heterocycles. The van der Waals surface area contributed by atoms with E-state index in [1.807, 2.05) is 47.4 Å². The molecule has 8 nitrogen and oxygen atoms in total. The summed E-state index contributed by atoms with van der Waals surface area (Å²) >= 11 is 0. The van der Waals surface area contributed by atoms with Crippen molar-refractivity contribution in [3.05, 3.63) is 65.7 Å². The zero-order valence-electron chi connectivity index (χ0n) is 19.7. The summed E-state index contributed by atoms with van der Waals surface area (Å²) in [5, 5.41) is 2.77. The predicted octanol–water partition coefficient (Wildman–Crippen LogP) is 2.63. The van der Waals surface area contributed by atoms with Crippen molar-refractivity contribution in [3.8, 4) is 0 Å². The van der Waals surface area contributed by atoms with Crippen LogP contribution >= 0.6 is 0 Å². The van der Waals surface area contributed by atoms with Crippen LogP contribution in [0.3, 0.4) is 0 Å². The fourth-order valence-electron chi connectivity index (χ4n) is 4.36. The number of piperazine rings is 1. The summed E-state index contributed by atoms with van der Waals surface area (Å²) in [6, 6.07) is 15.8.